The number of carbonyl (C=O) groups is 3. The number of fused-ring (bicyclic) bond motifs is 1. The molecule has 41 heavy (non-hydrogen) atoms. The van der Waals surface area contributed by atoms with Gasteiger partial charge in [0.2, 0.25) is 5.91 Å². The van der Waals surface area contributed by atoms with Crippen molar-refractivity contribution in [3.63, 3.8) is 0 Å². The number of likely N-dealkylation sites (N-methyl/N-ethyl adjacent to an activating group) is 1. The normalized spacial score (nSPS) is 17.3. The molecule has 0 bridgehead atoms. The van der Waals surface area contributed by atoms with Crippen LogP contribution in [0, 0.1) is 5.82 Å². The molecule has 2 aliphatic heterocycles. The van der Waals surface area contributed by atoms with E-state index in [4.69, 9.17) is 4.74 Å². The average Bonchev–Trinajstić information content (AvgIpc) is 3.28. The van der Waals surface area contributed by atoms with E-state index in [0.717, 1.165) is 7.05 Å². The van der Waals surface area contributed by atoms with Crippen LogP contribution in [-0.4, -0.2) is 110 Å². The molecule has 1 atom stereocenters. The molecule has 1 fully saturated rings. The second kappa shape index (κ2) is 11.4. The second-order valence-corrected chi connectivity index (χ2v) is 9.72. The smallest absolute Gasteiger partial charge is 0.279 e. The van der Waals surface area contributed by atoms with Crippen molar-refractivity contribution < 1.29 is 54.2 Å². The largest absolute Gasteiger partial charge is 0.381 e. The third kappa shape index (κ3) is 5.41. The van der Waals surface area contributed by atoms with E-state index in [1.807, 2.05) is 0 Å². The number of nitrogens with one attached hydrogen (secondary N) is 2. The molecule has 1 unspecified atom stereocenters. The van der Waals surface area contributed by atoms with Crippen LogP contribution in [0.3, 0.4) is 0 Å². The number of carbonyl (C=O) groups excluding carboxylic acids is 3. The van der Waals surface area contributed by atoms with Crippen LogP contribution in [0.1, 0.15) is 27.0 Å². The van der Waals surface area contributed by atoms with Crippen LogP contribution in [0.4, 0.5) is 10.1 Å². The van der Waals surface area contributed by atoms with Crippen LogP contribution in [0.5, 0.6) is 0 Å². The number of rotatable bonds is 10. The number of amides is 2. The molecule has 0 aromatic heterocycles. The highest BCUT2D eigenvalue weighted by Crippen LogP contribution is 2.35. The number of nitrogens with zero attached hydrogens (tertiary/aromatic N) is 2. The van der Waals surface area contributed by atoms with Crippen LogP contribution < -0.4 is 10.6 Å². The van der Waals surface area contributed by atoms with E-state index < -0.39 is 54.0 Å². The second-order valence-electron chi connectivity index (χ2n) is 9.72. The first kappa shape index (κ1) is 30.4. The van der Waals surface area contributed by atoms with Crippen LogP contribution >= 0.6 is 0 Å². The number of hydrogen-bond acceptors (Lipinski definition) is 12. The summed E-state index contributed by atoms with van der Waals surface area (Å²) in [5.74, 6) is -13.1. The topological polar surface area (TPSA) is 212 Å². The van der Waals surface area contributed by atoms with Crippen molar-refractivity contribution in [3.8, 4) is 0 Å². The molecule has 0 spiro atoms. The van der Waals surface area contributed by atoms with Crippen LogP contribution in [0.2, 0.25) is 0 Å². The number of aldehydes is 1. The van der Waals surface area contributed by atoms with E-state index in [9.17, 15) is 45.0 Å². The van der Waals surface area contributed by atoms with Gasteiger partial charge in [-0.2, -0.15) is 0 Å². The van der Waals surface area contributed by atoms with Crippen molar-refractivity contribution in [1.29, 1.82) is 0 Å². The molecular weight excluding hydrogens is 547 g/mol. The maximum absolute atomic E-state index is 15.5. The van der Waals surface area contributed by atoms with E-state index >= 15 is 4.39 Å². The van der Waals surface area contributed by atoms with Gasteiger partial charge in [-0.1, -0.05) is 18.2 Å². The first-order valence-corrected chi connectivity index (χ1v) is 12.6. The molecule has 0 aliphatic carbocycles. The molecule has 222 valence electrons. The van der Waals surface area contributed by atoms with Gasteiger partial charge >= 0.3 is 0 Å². The minimum Gasteiger partial charge on any atom is -0.381 e. The summed E-state index contributed by atoms with van der Waals surface area (Å²) in [5, 5.41) is 67.2. The standard InChI is InChI=1S/C26H31FN4O10/c1-28-22(33)21(25(37,38)24(35,36)14-32)31-13-17-16(23(31)34)5-3-7-19(17)29-12-15-4-2-6-18(20(15)27)26(39,40)30-8-10-41-11-9-30/h2-7,14,21,29,35-40H,8-13H2,1H3,(H,28,33). The van der Waals surface area contributed by atoms with Gasteiger partial charge in [0.25, 0.3) is 23.4 Å². The van der Waals surface area contributed by atoms with Gasteiger partial charge in [0.1, 0.15) is 5.82 Å². The van der Waals surface area contributed by atoms with Gasteiger partial charge in [0, 0.05) is 55.6 Å². The first-order valence-electron chi connectivity index (χ1n) is 12.6. The number of benzene rings is 2. The zero-order valence-electron chi connectivity index (χ0n) is 22.0. The van der Waals surface area contributed by atoms with Gasteiger partial charge in [-0.05, 0) is 18.2 Å². The maximum atomic E-state index is 15.5. The molecule has 2 aromatic rings. The lowest BCUT2D eigenvalue weighted by molar-refractivity contribution is -0.345. The highest BCUT2D eigenvalue weighted by atomic mass is 19.1. The Bertz CT molecular complexity index is 1330. The van der Waals surface area contributed by atoms with E-state index in [1.54, 1.807) is 6.07 Å². The van der Waals surface area contributed by atoms with Crippen molar-refractivity contribution >= 4 is 23.8 Å². The van der Waals surface area contributed by atoms with E-state index in [2.05, 4.69) is 10.6 Å². The Morgan fingerprint density at radius 1 is 1.10 bits per heavy atom. The molecule has 1 saturated heterocycles. The Morgan fingerprint density at radius 2 is 1.76 bits per heavy atom. The fraction of sp³-hybridized carbons (Fsp3) is 0.423. The summed E-state index contributed by atoms with van der Waals surface area (Å²) in [6.07, 6.45) is -0.585. The Balaban J connectivity index is 1.60. The minimum atomic E-state index is -3.81. The average molecular weight is 579 g/mol. The predicted octanol–water partition coefficient (Wildman–Crippen LogP) is -2.50. The lowest BCUT2D eigenvalue weighted by atomic mass is 9.96. The lowest BCUT2D eigenvalue weighted by Gasteiger charge is -2.40. The van der Waals surface area contributed by atoms with Crippen LogP contribution in [0.15, 0.2) is 36.4 Å². The predicted molar refractivity (Wildman–Crippen MR) is 137 cm³/mol. The van der Waals surface area contributed by atoms with Crippen molar-refractivity contribution in [3.05, 3.63) is 64.5 Å². The summed E-state index contributed by atoms with van der Waals surface area (Å²) in [7, 11) is 1.11. The fourth-order valence-corrected chi connectivity index (χ4v) is 4.91. The Labute approximate surface area is 233 Å². The van der Waals surface area contributed by atoms with Gasteiger partial charge in [0.15, 0.2) is 12.3 Å². The molecule has 15 heteroatoms. The number of morpholine rings is 1. The van der Waals surface area contributed by atoms with Gasteiger partial charge in [-0.15, -0.1) is 0 Å². The quantitative estimate of drug-likeness (QED) is 0.109. The summed E-state index contributed by atoms with van der Waals surface area (Å²) in [5.41, 5.74) is 0.284. The van der Waals surface area contributed by atoms with Crippen molar-refractivity contribution in [2.75, 3.05) is 38.7 Å². The van der Waals surface area contributed by atoms with Crippen molar-refractivity contribution in [2.24, 2.45) is 0 Å². The summed E-state index contributed by atoms with van der Waals surface area (Å²) < 4.78 is 20.7. The van der Waals surface area contributed by atoms with E-state index in [0.29, 0.717) is 10.6 Å². The number of aliphatic hydroxyl groups is 6. The maximum Gasteiger partial charge on any atom is 0.279 e. The lowest BCUT2D eigenvalue weighted by Crippen LogP contribution is -2.70. The highest BCUT2D eigenvalue weighted by Gasteiger charge is 2.60. The third-order valence-electron chi connectivity index (χ3n) is 7.25. The van der Waals surface area contributed by atoms with E-state index in [1.165, 1.54) is 35.2 Å². The molecule has 4 rings (SSSR count). The van der Waals surface area contributed by atoms with Crippen LogP contribution in [0.25, 0.3) is 0 Å². The highest BCUT2D eigenvalue weighted by molar-refractivity contribution is 6.03. The molecule has 8 N–H and O–H groups in total. The molecular formula is C26H31FN4O10. The van der Waals surface area contributed by atoms with Crippen molar-refractivity contribution in [1.82, 2.24) is 15.1 Å². The number of anilines is 1. The third-order valence-corrected chi connectivity index (χ3v) is 7.25. The zero-order valence-corrected chi connectivity index (χ0v) is 22.0. The zero-order chi connectivity index (χ0) is 30.2. The summed E-state index contributed by atoms with van der Waals surface area (Å²) >= 11 is 0. The Hall–Kier alpha value is -3.54. The minimum absolute atomic E-state index is 0.0264. The van der Waals surface area contributed by atoms with Gasteiger partial charge in [-0.25, -0.2) is 9.29 Å². The molecule has 2 amide bonds. The number of ether oxygens (including phenoxy) is 1. The van der Waals surface area contributed by atoms with Gasteiger partial charge < -0.3 is 50.9 Å². The molecule has 0 saturated carbocycles. The molecule has 14 nitrogen and oxygen atoms in total. The fourth-order valence-electron chi connectivity index (χ4n) is 4.91. The van der Waals surface area contributed by atoms with Gasteiger partial charge in [-0.3, -0.25) is 14.4 Å². The SMILES string of the molecule is CNC(=O)C(N1Cc2c(NCc3cccc(C(O)(O)N4CCOCC4)c3F)cccc2C1=O)C(O)(O)C(O)(O)C=O. The molecule has 2 heterocycles. The number of halogens is 1. The van der Waals surface area contributed by atoms with Gasteiger partial charge in [0.05, 0.1) is 18.8 Å². The summed E-state index contributed by atoms with van der Waals surface area (Å²) in [4.78, 5) is 38.9. The molecule has 2 aromatic carbocycles. The Morgan fingerprint density at radius 3 is 2.39 bits per heavy atom. The molecule has 2 aliphatic rings. The number of hydrogen-bond donors (Lipinski definition) is 8. The Kier molecular flexibility index (Phi) is 8.45. The summed E-state index contributed by atoms with van der Waals surface area (Å²) in [6, 6.07) is 6.22. The monoisotopic (exact) mass is 578 g/mol. The molecule has 0 radical (unpaired) electrons. The first-order chi connectivity index (χ1) is 19.3. The van der Waals surface area contributed by atoms with Crippen LogP contribution in [-0.2, 0) is 33.3 Å². The van der Waals surface area contributed by atoms with Crippen molar-refractivity contribution in [2.45, 2.75) is 36.6 Å². The van der Waals surface area contributed by atoms with E-state index in [-0.39, 0.29) is 55.1 Å². The summed E-state index contributed by atoms with van der Waals surface area (Å²) in [6.45, 7) is 0.257.